The molecular weight excluding hydrogens is 476 g/mol. The predicted molar refractivity (Wildman–Crippen MR) is 150 cm³/mol. The van der Waals surface area contributed by atoms with Crippen molar-refractivity contribution in [3.05, 3.63) is 71.7 Å². The third kappa shape index (κ3) is 5.47. The number of nitrogens with zero attached hydrogens (tertiary/aromatic N) is 5. The number of aliphatic imine (C=N–C) groups is 1. The molecule has 0 aliphatic carbocycles. The monoisotopic (exact) mass is 510 g/mol. The molecule has 38 heavy (non-hydrogen) atoms. The molecule has 1 aromatic carbocycles. The fourth-order valence-corrected chi connectivity index (χ4v) is 5.61. The van der Waals surface area contributed by atoms with Crippen LogP contribution in [0.3, 0.4) is 0 Å². The Kier molecular flexibility index (Phi) is 7.16. The first kappa shape index (κ1) is 24.7. The molecule has 1 amide bonds. The Bertz CT molecular complexity index is 1320. The second-order valence-corrected chi connectivity index (χ2v) is 10.5. The molecule has 0 bridgehead atoms. The number of aliphatic hydroxyl groups excluding tert-OH is 1. The second-order valence-electron chi connectivity index (χ2n) is 10.5. The van der Waals surface area contributed by atoms with Gasteiger partial charge < -0.3 is 15.3 Å². The van der Waals surface area contributed by atoms with E-state index >= 15 is 0 Å². The SMILES string of the molecule is O=C(Nc1ccc(N2CCCC2)nc1)C1=NCCc2ccc(-c3cncc(CN4CCC(O)CC4)c3)cc21. The van der Waals surface area contributed by atoms with Crippen LogP contribution in [0, 0.1) is 0 Å². The minimum atomic E-state index is -0.210. The fourth-order valence-electron chi connectivity index (χ4n) is 5.61. The smallest absolute Gasteiger partial charge is 0.274 e. The second kappa shape index (κ2) is 11.0. The number of hydrogen-bond acceptors (Lipinski definition) is 7. The Morgan fingerprint density at radius 3 is 2.61 bits per heavy atom. The van der Waals surface area contributed by atoms with E-state index < -0.39 is 0 Å². The minimum Gasteiger partial charge on any atom is -0.393 e. The van der Waals surface area contributed by atoms with Crippen molar-refractivity contribution in [3.8, 4) is 11.1 Å². The molecule has 196 valence electrons. The molecule has 2 aromatic heterocycles. The van der Waals surface area contributed by atoms with E-state index in [0.717, 1.165) is 85.6 Å². The van der Waals surface area contributed by atoms with Gasteiger partial charge in [0, 0.05) is 62.8 Å². The summed E-state index contributed by atoms with van der Waals surface area (Å²) in [5.74, 6) is 0.747. The molecule has 2 fully saturated rings. The number of aliphatic hydroxyl groups is 1. The molecule has 0 atom stereocenters. The highest BCUT2D eigenvalue weighted by Gasteiger charge is 2.22. The molecule has 8 heteroatoms. The molecular formula is C30H34N6O2. The number of aromatic nitrogens is 2. The lowest BCUT2D eigenvalue weighted by molar-refractivity contribution is -0.110. The van der Waals surface area contributed by atoms with Gasteiger partial charge in [-0.05, 0) is 73.1 Å². The van der Waals surface area contributed by atoms with Gasteiger partial charge >= 0.3 is 0 Å². The number of benzene rings is 1. The normalized spacial score (nSPS) is 18.2. The highest BCUT2D eigenvalue weighted by molar-refractivity contribution is 6.49. The number of piperidine rings is 1. The van der Waals surface area contributed by atoms with Crippen LogP contribution in [-0.4, -0.2) is 70.4 Å². The van der Waals surface area contributed by atoms with Gasteiger partial charge in [-0.1, -0.05) is 12.1 Å². The Labute approximate surface area is 223 Å². The Morgan fingerprint density at radius 1 is 0.974 bits per heavy atom. The maximum Gasteiger partial charge on any atom is 0.274 e. The molecule has 2 N–H and O–H groups in total. The Balaban J connectivity index is 1.18. The quantitative estimate of drug-likeness (QED) is 0.526. The summed E-state index contributed by atoms with van der Waals surface area (Å²) in [6, 6.07) is 12.4. The molecule has 0 saturated carbocycles. The zero-order chi connectivity index (χ0) is 25.9. The van der Waals surface area contributed by atoms with Gasteiger partial charge in [0.25, 0.3) is 5.91 Å². The predicted octanol–water partition coefficient (Wildman–Crippen LogP) is 3.68. The summed E-state index contributed by atoms with van der Waals surface area (Å²) in [5, 5.41) is 12.8. The van der Waals surface area contributed by atoms with Crippen molar-refractivity contribution in [3.63, 3.8) is 0 Å². The number of anilines is 2. The van der Waals surface area contributed by atoms with Crippen LogP contribution in [0.25, 0.3) is 11.1 Å². The standard InChI is InChI=1S/C30H34N6O2/c37-26-8-13-35(14-9-26)20-21-15-24(18-31-17-21)23-4-3-22-7-10-32-29(27(22)16-23)30(38)34-25-5-6-28(33-19-25)36-11-1-2-12-36/h3-6,15-19,26,37H,1-2,7-14,20H2,(H,34,38). The van der Waals surface area contributed by atoms with Gasteiger partial charge in [-0.2, -0.15) is 0 Å². The first-order chi connectivity index (χ1) is 18.6. The van der Waals surface area contributed by atoms with E-state index in [0.29, 0.717) is 17.9 Å². The summed E-state index contributed by atoms with van der Waals surface area (Å²) in [7, 11) is 0. The van der Waals surface area contributed by atoms with Crippen molar-refractivity contribution in [2.24, 2.45) is 4.99 Å². The van der Waals surface area contributed by atoms with Crippen LogP contribution in [-0.2, 0) is 17.8 Å². The van der Waals surface area contributed by atoms with E-state index in [1.807, 2.05) is 24.5 Å². The number of carbonyl (C=O) groups excluding carboxylic acids is 1. The summed E-state index contributed by atoms with van der Waals surface area (Å²) in [6.07, 6.45) is 10.2. The summed E-state index contributed by atoms with van der Waals surface area (Å²) in [5.41, 5.74) is 6.34. The van der Waals surface area contributed by atoms with Crippen molar-refractivity contribution < 1.29 is 9.90 Å². The average Bonchev–Trinajstić information content (AvgIpc) is 3.49. The van der Waals surface area contributed by atoms with Crippen molar-refractivity contribution in [1.82, 2.24) is 14.9 Å². The van der Waals surface area contributed by atoms with Crippen molar-refractivity contribution in [2.45, 2.75) is 44.8 Å². The number of carbonyl (C=O) groups is 1. The van der Waals surface area contributed by atoms with Gasteiger partial charge in [-0.25, -0.2) is 4.98 Å². The third-order valence-corrected chi connectivity index (χ3v) is 7.76. The van der Waals surface area contributed by atoms with Crippen LogP contribution >= 0.6 is 0 Å². The van der Waals surface area contributed by atoms with E-state index in [1.54, 1.807) is 6.20 Å². The van der Waals surface area contributed by atoms with Gasteiger partial charge in [-0.15, -0.1) is 0 Å². The third-order valence-electron chi connectivity index (χ3n) is 7.76. The zero-order valence-electron chi connectivity index (χ0n) is 21.6. The van der Waals surface area contributed by atoms with Crippen molar-refractivity contribution in [1.29, 1.82) is 0 Å². The number of pyridine rings is 2. The molecule has 0 unspecified atom stereocenters. The molecule has 3 aromatic rings. The number of amides is 1. The Hall–Kier alpha value is -3.62. The van der Waals surface area contributed by atoms with E-state index in [2.05, 4.69) is 54.3 Å². The lowest BCUT2D eigenvalue weighted by Gasteiger charge is -2.29. The first-order valence-electron chi connectivity index (χ1n) is 13.7. The molecule has 0 spiro atoms. The van der Waals surface area contributed by atoms with Gasteiger partial charge in [-0.3, -0.25) is 19.7 Å². The van der Waals surface area contributed by atoms with Crippen LogP contribution in [0.5, 0.6) is 0 Å². The Morgan fingerprint density at radius 2 is 1.82 bits per heavy atom. The van der Waals surface area contributed by atoms with E-state index in [-0.39, 0.29) is 12.0 Å². The van der Waals surface area contributed by atoms with Crippen LogP contribution in [0.2, 0.25) is 0 Å². The van der Waals surface area contributed by atoms with Crippen LogP contribution < -0.4 is 10.2 Å². The lowest BCUT2D eigenvalue weighted by atomic mass is 9.92. The summed E-state index contributed by atoms with van der Waals surface area (Å²) in [4.78, 5) is 31.6. The van der Waals surface area contributed by atoms with Gasteiger partial charge in [0.15, 0.2) is 0 Å². The summed E-state index contributed by atoms with van der Waals surface area (Å²) >= 11 is 0. The highest BCUT2D eigenvalue weighted by Crippen LogP contribution is 2.27. The maximum atomic E-state index is 13.3. The summed E-state index contributed by atoms with van der Waals surface area (Å²) < 4.78 is 0. The number of likely N-dealkylation sites (tertiary alicyclic amines) is 1. The average molecular weight is 511 g/mol. The minimum absolute atomic E-state index is 0.176. The van der Waals surface area contributed by atoms with Crippen LogP contribution in [0.4, 0.5) is 11.5 Å². The van der Waals surface area contributed by atoms with E-state index in [1.165, 1.54) is 12.8 Å². The fraction of sp³-hybridized carbons (Fsp3) is 0.400. The molecule has 0 radical (unpaired) electrons. The molecule has 8 nitrogen and oxygen atoms in total. The number of fused-ring (bicyclic) bond motifs is 1. The van der Waals surface area contributed by atoms with E-state index in [4.69, 9.17) is 0 Å². The topological polar surface area (TPSA) is 94.0 Å². The first-order valence-corrected chi connectivity index (χ1v) is 13.7. The van der Waals surface area contributed by atoms with Gasteiger partial charge in [0.05, 0.1) is 18.0 Å². The van der Waals surface area contributed by atoms with Crippen molar-refractivity contribution >= 4 is 23.1 Å². The molecule has 3 aliphatic heterocycles. The molecule has 3 aliphatic rings. The van der Waals surface area contributed by atoms with Crippen LogP contribution in [0.1, 0.15) is 42.4 Å². The number of nitrogens with one attached hydrogen (secondary N) is 1. The zero-order valence-corrected chi connectivity index (χ0v) is 21.6. The summed E-state index contributed by atoms with van der Waals surface area (Å²) in [6.45, 7) is 5.29. The van der Waals surface area contributed by atoms with E-state index in [9.17, 15) is 9.90 Å². The molecule has 6 rings (SSSR count). The lowest BCUT2D eigenvalue weighted by Crippen LogP contribution is -2.35. The molecule has 5 heterocycles. The number of rotatable bonds is 6. The highest BCUT2D eigenvalue weighted by atomic mass is 16.3. The van der Waals surface area contributed by atoms with Crippen LogP contribution in [0.15, 0.2) is 60.0 Å². The van der Waals surface area contributed by atoms with Gasteiger partial charge in [0.1, 0.15) is 11.5 Å². The largest absolute Gasteiger partial charge is 0.393 e. The van der Waals surface area contributed by atoms with Gasteiger partial charge in [0.2, 0.25) is 0 Å². The van der Waals surface area contributed by atoms with Crippen molar-refractivity contribution in [2.75, 3.05) is 42.9 Å². The maximum absolute atomic E-state index is 13.3. The molecule has 2 saturated heterocycles. The number of hydrogen-bond donors (Lipinski definition) is 2.